The lowest BCUT2D eigenvalue weighted by Gasteiger charge is -2.06. The summed E-state index contributed by atoms with van der Waals surface area (Å²) in [5, 5.41) is 7.33. The summed E-state index contributed by atoms with van der Waals surface area (Å²) < 4.78 is 1.68. The van der Waals surface area contributed by atoms with E-state index in [2.05, 4.69) is 24.3 Å². The van der Waals surface area contributed by atoms with Crippen molar-refractivity contribution in [2.75, 3.05) is 5.73 Å². The SMILES string of the molecule is CC(C)NCc1cnn(C)c1N. The first-order chi connectivity index (χ1) is 5.61. The Balaban J connectivity index is 2.58. The van der Waals surface area contributed by atoms with E-state index in [1.807, 2.05) is 7.05 Å². The lowest BCUT2D eigenvalue weighted by atomic mass is 10.3. The van der Waals surface area contributed by atoms with E-state index >= 15 is 0 Å². The molecule has 4 heteroatoms. The lowest BCUT2D eigenvalue weighted by Crippen LogP contribution is -2.22. The third kappa shape index (κ3) is 1.98. The molecule has 0 aromatic carbocycles. The first-order valence-electron chi connectivity index (χ1n) is 4.11. The normalized spacial score (nSPS) is 11.0. The highest BCUT2D eigenvalue weighted by Gasteiger charge is 2.03. The van der Waals surface area contributed by atoms with Gasteiger partial charge in [-0.1, -0.05) is 13.8 Å². The second-order valence-corrected chi connectivity index (χ2v) is 3.21. The van der Waals surface area contributed by atoms with Crippen LogP contribution in [0.4, 0.5) is 5.82 Å². The van der Waals surface area contributed by atoms with Gasteiger partial charge in [0.2, 0.25) is 0 Å². The van der Waals surface area contributed by atoms with E-state index in [-0.39, 0.29) is 0 Å². The molecule has 0 unspecified atom stereocenters. The van der Waals surface area contributed by atoms with Gasteiger partial charge in [-0.15, -0.1) is 0 Å². The lowest BCUT2D eigenvalue weighted by molar-refractivity contribution is 0.589. The van der Waals surface area contributed by atoms with Crippen LogP contribution in [0.1, 0.15) is 19.4 Å². The third-order valence-corrected chi connectivity index (χ3v) is 1.77. The number of nitrogen functional groups attached to an aromatic ring is 1. The van der Waals surface area contributed by atoms with Gasteiger partial charge in [0.05, 0.1) is 6.20 Å². The van der Waals surface area contributed by atoms with Crippen LogP contribution in [0.15, 0.2) is 6.20 Å². The number of nitrogens with two attached hydrogens (primary N) is 1. The van der Waals surface area contributed by atoms with Crippen LogP contribution in [-0.4, -0.2) is 15.8 Å². The summed E-state index contributed by atoms with van der Waals surface area (Å²) in [5.74, 6) is 0.739. The molecule has 0 amide bonds. The van der Waals surface area contributed by atoms with Gasteiger partial charge in [-0.05, 0) is 0 Å². The molecule has 1 aromatic heterocycles. The third-order valence-electron chi connectivity index (χ3n) is 1.77. The zero-order valence-corrected chi connectivity index (χ0v) is 7.83. The van der Waals surface area contributed by atoms with Crippen molar-refractivity contribution >= 4 is 5.82 Å². The van der Waals surface area contributed by atoms with Gasteiger partial charge in [-0.2, -0.15) is 5.10 Å². The van der Waals surface area contributed by atoms with Crippen LogP contribution in [0.25, 0.3) is 0 Å². The highest BCUT2D eigenvalue weighted by molar-refractivity contribution is 5.38. The fourth-order valence-corrected chi connectivity index (χ4v) is 0.943. The minimum absolute atomic E-state index is 0.476. The van der Waals surface area contributed by atoms with Gasteiger partial charge in [-0.3, -0.25) is 4.68 Å². The molecule has 3 N–H and O–H groups in total. The van der Waals surface area contributed by atoms with Crippen LogP contribution in [0.5, 0.6) is 0 Å². The molecule has 1 aromatic rings. The van der Waals surface area contributed by atoms with Gasteiger partial charge in [0, 0.05) is 25.2 Å². The second kappa shape index (κ2) is 3.58. The van der Waals surface area contributed by atoms with E-state index in [1.54, 1.807) is 10.9 Å². The summed E-state index contributed by atoms with van der Waals surface area (Å²) in [4.78, 5) is 0. The molecule has 12 heavy (non-hydrogen) atoms. The summed E-state index contributed by atoms with van der Waals surface area (Å²) in [7, 11) is 1.84. The minimum Gasteiger partial charge on any atom is -0.384 e. The molecular weight excluding hydrogens is 152 g/mol. The average Bonchev–Trinajstić information content (AvgIpc) is 2.30. The molecule has 68 valence electrons. The van der Waals surface area contributed by atoms with Crippen LogP contribution in [0, 0.1) is 0 Å². The fraction of sp³-hybridized carbons (Fsp3) is 0.625. The topological polar surface area (TPSA) is 55.9 Å². The second-order valence-electron chi connectivity index (χ2n) is 3.21. The molecule has 0 bridgehead atoms. The predicted molar refractivity (Wildman–Crippen MR) is 49.6 cm³/mol. The van der Waals surface area contributed by atoms with Crippen LogP contribution in [0.2, 0.25) is 0 Å². The molecule has 0 saturated heterocycles. The molecule has 0 saturated carbocycles. The van der Waals surface area contributed by atoms with Gasteiger partial charge in [0.1, 0.15) is 5.82 Å². The number of hydrogen-bond donors (Lipinski definition) is 2. The first kappa shape index (κ1) is 9.06. The number of aromatic nitrogens is 2. The molecule has 0 atom stereocenters. The molecule has 1 heterocycles. The van der Waals surface area contributed by atoms with Crippen molar-refractivity contribution in [3.63, 3.8) is 0 Å². The van der Waals surface area contributed by atoms with Gasteiger partial charge in [0.25, 0.3) is 0 Å². The maximum absolute atomic E-state index is 5.75. The van der Waals surface area contributed by atoms with Crippen molar-refractivity contribution in [2.24, 2.45) is 7.05 Å². The first-order valence-corrected chi connectivity index (χ1v) is 4.11. The van der Waals surface area contributed by atoms with Crippen LogP contribution in [-0.2, 0) is 13.6 Å². The van der Waals surface area contributed by atoms with Crippen molar-refractivity contribution in [1.82, 2.24) is 15.1 Å². The molecule has 0 aliphatic rings. The smallest absolute Gasteiger partial charge is 0.125 e. The Kier molecular flexibility index (Phi) is 2.70. The summed E-state index contributed by atoms with van der Waals surface area (Å²) in [6, 6.07) is 0.476. The van der Waals surface area contributed by atoms with Crippen molar-refractivity contribution < 1.29 is 0 Å². The molecule has 1 rings (SSSR count). The van der Waals surface area contributed by atoms with E-state index < -0.39 is 0 Å². The van der Waals surface area contributed by atoms with Gasteiger partial charge >= 0.3 is 0 Å². The van der Waals surface area contributed by atoms with Crippen LogP contribution < -0.4 is 11.1 Å². The van der Waals surface area contributed by atoms with E-state index in [0.29, 0.717) is 6.04 Å². The van der Waals surface area contributed by atoms with Gasteiger partial charge in [-0.25, -0.2) is 0 Å². The Labute approximate surface area is 72.8 Å². The van der Waals surface area contributed by atoms with Crippen LogP contribution in [0.3, 0.4) is 0 Å². The van der Waals surface area contributed by atoms with Crippen molar-refractivity contribution in [3.05, 3.63) is 11.8 Å². The Bertz CT molecular complexity index is 252. The Hall–Kier alpha value is -1.03. The molecule has 4 nitrogen and oxygen atoms in total. The van der Waals surface area contributed by atoms with Crippen LogP contribution >= 0.6 is 0 Å². The largest absolute Gasteiger partial charge is 0.384 e. The van der Waals surface area contributed by atoms with E-state index in [4.69, 9.17) is 5.73 Å². The minimum atomic E-state index is 0.476. The summed E-state index contributed by atoms with van der Waals surface area (Å²) in [6.45, 7) is 5.00. The summed E-state index contributed by atoms with van der Waals surface area (Å²) in [6.07, 6.45) is 1.80. The van der Waals surface area contributed by atoms with Gasteiger partial charge < -0.3 is 11.1 Å². The zero-order valence-electron chi connectivity index (χ0n) is 7.83. The van der Waals surface area contributed by atoms with E-state index in [0.717, 1.165) is 17.9 Å². The predicted octanol–water partition coefficient (Wildman–Crippen LogP) is 0.500. The molecule has 0 aliphatic heterocycles. The maximum atomic E-state index is 5.75. The molecular formula is C8H16N4. The molecule has 0 radical (unpaired) electrons. The quantitative estimate of drug-likeness (QED) is 0.691. The number of nitrogens with one attached hydrogen (secondary N) is 1. The highest BCUT2D eigenvalue weighted by atomic mass is 15.3. The number of rotatable bonds is 3. The zero-order chi connectivity index (χ0) is 9.14. The highest BCUT2D eigenvalue weighted by Crippen LogP contribution is 2.08. The van der Waals surface area contributed by atoms with E-state index in [1.165, 1.54) is 0 Å². The molecule has 0 aliphatic carbocycles. The number of aryl methyl sites for hydroxylation is 1. The maximum Gasteiger partial charge on any atom is 0.125 e. The van der Waals surface area contributed by atoms with Gasteiger partial charge in [0.15, 0.2) is 0 Å². The molecule has 0 fully saturated rings. The average molecular weight is 168 g/mol. The Morgan fingerprint density at radius 1 is 1.67 bits per heavy atom. The summed E-state index contributed by atoms with van der Waals surface area (Å²) in [5.41, 5.74) is 6.81. The number of nitrogens with zero attached hydrogens (tertiary/aromatic N) is 2. The number of hydrogen-bond acceptors (Lipinski definition) is 3. The van der Waals surface area contributed by atoms with Crippen molar-refractivity contribution in [2.45, 2.75) is 26.4 Å². The summed E-state index contributed by atoms with van der Waals surface area (Å²) >= 11 is 0. The molecule has 0 spiro atoms. The van der Waals surface area contributed by atoms with E-state index in [9.17, 15) is 0 Å². The number of anilines is 1. The van der Waals surface area contributed by atoms with Crippen molar-refractivity contribution in [3.8, 4) is 0 Å². The fourth-order valence-electron chi connectivity index (χ4n) is 0.943. The monoisotopic (exact) mass is 168 g/mol. The standard InChI is InChI=1S/C8H16N4/c1-6(2)10-4-7-5-11-12(3)8(7)9/h5-6,10H,4,9H2,1-3H3. The Morgan fingerprint density at radius 3 is 2.75 bits per heavy atom. The van der Waals surface area contributed by atoms with Crippen molar-refractivity contribution in [1.29, 1.82) is 0 Å². The Morgan fingerprint density at radius 2 is 2.33 bits per heavy atom.